The summed E-state index contributed by atoms with van der Waals surface area (Å²) in [5.41, 5.74) is -0.377. The first kappa shape index (κ1) is 23.1. The minimum Gasteiger partial charge on any atom is -0.466 e. The van der Waals surface area contributed by atoms with Gasteiger partial charge in [0.25, 0.3) is 0 Å². The number of rotatable bonds is 5. The number of nitrogens with zero attached hydrogens (tertiary/aromatic N) is 2. The third-order valence-corrected chi connectivity index (χ3v) is 5.90. The van der Waals surface area contributed by atoms with Crippen molar-refractivity contribution in [1.29, 1.82) is 0 Å². The number of hydrogen-bond donors (Lipinski definition) is 0. The van der Waals surface area contributed by atoms with E-state index in [1.54, 1.807) is 17.9 Å². The van der Waals surface area contributed by atoms with Crippen LogP contribution in [0.1, 0.15) is 43.7 Å². The molecule has 6 nitrogen and oxygen atoms in total. The second-order valence-electron chi connectivity index (χ2n) is 8.06. The Balaban J connectivity index is 1.59. The van der Waals surface area contributed by atoms with Crippen molar-refractivity contribution in [2.45, 2.75) is 45.3 Å². The molecule has 0 radical (unpaired) electrons. The van der Waals surface area contributed by atoms with Crippen LogP contribution in [-0.4, -0.2) is 53.8 Å². The van der Waals surface area contributed by atoms with Crippen molar-refractivity contribution in [3.8, 4) is 0 Å². The van der Waals surface area contributed by atoms with E-state index < -0.39 is 11.7 Å². The van der Waals surface area contributed by atoms with Gasteiger partial charge in [0.2, 0.25) is 11.8 Å². The van der Waals surface area contributed by atoms with Crippen LogP contribution in [0.3, 0.4) is 0 Å². The maximum absolute atomic E-state index is 13.0. The van der Waals surface area contributed by atoms with Gasteiger partial charge in [-0.3, -0.25) is 14.4 Å². The van der Waals surface area contributed by atoms with Gasteiger partial charge in [-0.05, 0) is 43.9 Å². The van der Waals surface area contributed by atoms with Crippen molar-refractivity contribution >= 4 is 17.8 Å². The summed E-state index contributed by atoms with van der Waals surface area (Å²) in [5, 5.41) is 0. The second kappa shape index (κ2) is 9.70. The summed E-state index contributed by atoms with van der Waals surface area (Å²) in [4.78, 5) is 40.4. The lowest BCUT2D eigenvalue weighted by molar-refractivity contribution is -0.153. The average Bonchev–Trinajstić information content (AvgIpc) is 2.75. The quantitative estimate of drug-likeness (QED) is 0.660. The summed E-state index contributed by atoms with van der Waals surface area (Å²) in [5.74, 6) is -1.05. The number of ether oxygens (including phenoxy) is 1. The Bertz CT molecular complexity index is 819. The van der Waals surface area contributed by atoms with Gasteiger partial charge in [0.15, 0.2) is 0 Å². The molecule has 2 aliphatic rings. The molecule has 0 aliphatic carbocycles. The van der Waals surface area contributed by atoms with Gasteiger partial charge in [0, 0.05) is 32.6 Å². The highest BCUT2D eigenvalue weighted by Crippen LogP contribution is 2.30. The van der Waals surface area contributed by atoms with Crippen LogP contribution in [0.4, 0.5) is 13.2 Å². The van der Waals surface area contributed by atoms with E-state index in [4.69, 9.17) is 4.74 Å². The number of esters is 1. The summed E-state index contributed by atoms with van der Waals surface area (Å²) in [7, 11) is 0. The van der Waals surface area contributed by atoms with Gasteiger partial charge < -0.3 is 14.5 Å². The Hall–Kier alpha value is -2.58. The molecule has 2 amide bonds. The smallest absolute Gasteiger partial charge is 0.416 e. The lowest BCUT2D eigenvalue weighted by Crippen LogP contribution is -2.49. The molecule has 1 aromatic carbocycles. The molecule has 2 heterocycles. The van der Waals surface area contributed by atoms with Crippen LogP contribution >= 0.6 is 0 Å². The Morgan fingerprint density at radius 3 is 2.48 bits per heavy atom. The number of alkyl halides is 3. The summed E-state index contributed by atoms with van der Waals surface area (Å²) in [6.07, 6.45) is -2.74. The van der Waals surface area contributed by atoms with Gasteiger partial charge in [0.1, 0.15) is 0 Å². The second-order valence-corrected chi connectivity index (χ2v) is 8.06. The number of halogens is 3. The number of benzene rings is 1. The van der Waals surface area contributed by atoms with E-state index >= 15 is 0 Å². The summed E-state index contributed by atoms with van der Waals surface area (Å²) >= 11 is 0. The molecule has 170 valence electrons. The Morgan fingerprint density at radius 1 is 1.13 bits per heavy atom. The number of amides is 2. The van der Waals surface area contributed by atoms with Crippen molar-refractivity contribution in [2.24, 2.45) is 11.8 Å². The zero-order valence-electron chi connectivity index (χ0n) is 17.5. The molecule has 1 atom stereocenters. The molecule has 0 aromatic heterocycles. The molecule has 31 heavy (non-hydrogen) atoms. The molecule has 1 aromatic rings. The lowest BCUT2D eigenvalue weighted by Gasteiger charge is -2.37. The molecule has 9 heteroatoms. The highest BCUT2D eigenvalue weighted by molar-refractivity contribution is 5.84. The van der Waals surface area contributed by atoms with Gasteiger partial charge in [-0.2, -0.15) is 13.2 Å². The van der Waals surface area contributed by atoms with E-state index in [-0.39, 0.29) is 49.1 Å². The monoisotopic (exact) mass is 440 g/mol. The van der Waals surface area contributed by atoms with Crippen molar-refractivity contribution in [3.05, 3.63) is 35.4 Å². The molecule has 0 bridgehead atoms. The van der Waals surface area contributed by atoms with E-state index in [0.717, 1.165) is 12.1 Å². The first-order chi connectivity index (χ1) is 14.7. The molecule has 0 unspecified atom stereocenters. The van der Waals surface area contributed by atoms with Crippen LogP contribution in [0.15, 0.2) is 24.3 Å². The fraction of sp³-hybridized carbons (Fsp3) is 0.591. The van der Waals surface area contributed by atoms with Crippen molar-refractivity contribution in [3.63, 3.8) is 0 Å². The molecule has 0 N–H and O–H groups in total. The van der Waals surface area contributed by atoms with E-state index in [1.807, 2.05) is 0 Å². The number of hydrogen-bond acceptors (Lipinski definition) is 4. The summed E-state index contributed by atoms with van der Waals surface area (Å²) < 4.78 is 43.9. The maximum atomic E-state index is 13.0. The Kier molecular flexibility index (Phi) is 7.23. The predicted molar refractivity (Wildman–Crippen MR) is 106 cm³/mol. The fourth-order valence-corrected chi connectivity index (χ4v) is 4.19. The van der Waals surface area contributed by atoms with E-state index in [9.17, 15) is 27.6 Å². The van der Waals surface area contributed by atoms with Crippen LogP contribution in [0, 0.1) is 11.8 Å². The highest BCUT2D eigenvalue weighted by atomic mass is 19.4. The van der Waals surface area contributed by atoms with Gasteiger partial charge in [0.05, 0.1) is 24.0 Å². The third-order valence-electron chi connectivity index (χ3n) is 5.90. The fourth-order valence-electron chi connectivity index (χ4n) is 4.19. The molecular weight excluding hydrogens is 413 g/mol. The maximum Gasteiger partial charge on any atom is 0.416 e. The molecular formula is C22H27F3N2O4. The molecule has 2 saturated heterocycles. The zero-order chi connectivity index (χ0) is 22.6. The normalized spacial score (nSPS) is 20.6. The van der Waals surface area contributed by atoms with Gasteiger partial charge in [-0.1, -0.05) is 12.1 Å². The average molecular weight is 440 g/mol. The largest absolute Gasteiger partial charge is 0.466 e. The third kappa shape index (κ3) is 5.77. The molecule has 3 rings (SSSR count). The van der Waals surface area contributed by atoms with Crippen LogP contribution in [0.5, 0.6) is 0 Å². The van der Waals surface area contributed by atoms with Crippen LogP contribution in [-0.2, 0) is 31.8 Å². The lowest BCUT2D eigenvalue weighted by atomic mass is 9.92. The van der Waals surface area contributed by atoms with Crippen LogP contribution in [0.2, 0.25) is 0 Å². The van der Waals surface area contributed by atoms with Gasteiger partial charge >= 0.3 is 12.1 Å². The zero-order valence-corrected chi connectivity index (χ0v) is 17.5. The van der Waals surface area contributed by atoms with E-state index in [0.29, 0.717) is 44.5 Å². The molecule has 2 fully saturated rings. The molecule has 0 saturated carbocycles. The van der Waals surface area contributed by atoms with Crippen molar-refractivity contribution in [1.82, 2.24) is 9.80 Å². The van der Waals surface area contributed by atoms with Crippen molar-refractivity contribution < 1.29 is 32.3 Å². The first-order valence-electron chi connectivity index (χ1n) is 10.6. The molecule has 0 spiro atoms. The topological polar surface area (TPSA) is 66.9 Å². The van der Waals surface area contributed by atoms with Gasteiger partial charge in [-0.25, -0.2) is 0 Å². The van der Waals surface area contributed by atoms with Gasteiger partial charge in [-0.15, -0.1) is 0 Å². The van der Waals surface area contributed by atoms with E-state index in [1.165, 1.54) is 11.0 Å². The summed E-state index contributed by atoms with van der Waals surface area (Å²) in [6.45, 7) is 3.23. The number of likely N-dealkylation sites (tertiary alicyclic amines) is 2. The Morgan fingerprint density at radius 2 is 1.84 bits per heavy atom. The summed E-state index contributed by atoms with van der Waals surface area (Å²) in [6, 6.07) is 4.91. The SMILES string of the molecule is CCOC(=O)C1CCN(C(=O)[C@H]2CCC(=O)N(Cc3cccc(C(F)(F)F)c3)C2)CC1. The number of piperidine rings is 2. The number of carbonyl (C=O) groups excluding carboxylic acids is 3. The Labute approximate surface area is 179 Å². The standard InChI is InChI=1S/C22H27F3N2O4/c1-2-31-21(30)16-8-10-26(11-9-16)20(29)17-6-7-19(28)27(14-17)13-15-4-3-5-18(12-15)22(23,24)25/h3-5,12,16-17H,2,6-11,13-14H2,1H3/t17-/m0/s1. The van der Waals surface area contributed by atoms with Crippen LogP contribution in [0.25, 0.3) is 0 Å². The molecule has 2 aliphatic heterocycles. The minimum atomic E-state index is -4.45. The van der Waals surface area contributed by atoms with E-state index in [2.05, 4.69) is 0 Å². The first-order valence-corrected chi connectivity index (χ1v) is 10.6. The highest BCUT2D eigenvalue weighted by Gasteiger charge is 2.36. The minimum absolute atomic E-state index is 0.0392. The van der Waals surface area contributed by atoms with Crippen LogP contribution < -0.4 is 0 Å². The van der Waals surface area contributed by atoms with Crippen molar-refractivity contribution in [2.75, 3.05) is 26.2 Å². The predicted octanol–water partition coefficient (Wildman–Crippen LogP) is 3.25. The number of carbonyl (C=O) groups is 3.